The van der Waals surface area contributed by atoms with Crippen molar-refractivity contribution in [2.24, 2.45) is 4.99 Å². The lowest BCUT2D eigenvalue weighted by molar-refractivity contribution is 0.842. The zero-order valence-electron chi connectivity index (χ0n) is 8.30. The first-order valence-electron chi connectivity index (χ1n) is 4.39. The van der Waals surface area contributed by atoms with Crippen LogP contribution >= 0.6 is 22.9 Å². The number of guanidine groups is 1. The second-order valence-electron chi connectivity index (χ2n) is 2.70. The van der Waals surface area contributed by atoms with E-state index in [1.165, 1.54) is 4.88 Å². The Kier molecular flexibility index (Phi) is 4.76. The van der Waals surface area contributed by atoms with Crippen molar-refractivity contribution in [1.29, 1.82) is 0 Å². The molecule has 0 radical (unpaired) electrons. The van der Waals surface area contributed by atoms with E-state index in [2.05, 4.69) is 21.7 Å². The van der Waals surface area contributed by atoms with E-state index in [1.54, 1.807) is 18.4 Å². The molecule has 0 amide bonds. The van der Waals surface area contributed by atoms with Gasteiger partial charge in [-0.05, 0) is 18.6 Å². The Labute approximate surface area is 93.2 Å². The molecule has 0 atom stereocenters. The highest BCUT2D eigenvalue weighted by Crippen LogP contribution is 2.21. The Hall–Kier alpha value is -0.740. The van der Waals surface area contributed by atoms with E-state index in [1.807, 2.05) is 13.1 Å². The van der Waals surface area contributed by atoms with E-state index < -0.39 is 0 Å². The summed E-state index contributed by atoms with van der Waals surface area (Å²) in [5.74, 6) is 0.813. The minimum Gasteiger partial charge on any atom is -0.359 e. The summed E-state index contributed by atoms with van der Waals surface area (Å²) in [6, 6.07) is 3.98. The summed E-state index contributed by atoms with van der Waals surface area (Å²) in [6.07, 6.45) is 0.970. The van der Waals surface area contributed by atoms with Crippen LogP contribution in [-0.4, -0.2) is 26.6 Å². The second-order valence-corrected chi connectivity index (χ2v) is 4.50. The molecular formula is C9H14ClN3S. The van der Waals surface area contributed by atoms with Crippen molar-refractivity contribution in [2.45, 2.75) is 6.42 Å². The lowest BCUT2D eigenvalue weighted by atomic mass is 10.3. The maximum atomic E-state index is 5.82. The van der Waals surface area contributed by atoms with Gasteiger partial charge in [0.25, 0.3) is 0 Å². The molecule has 3 nitrogen and oxygen atoms in total. The van der Waals surface area contributed by atoms with Crippen molar-refractivity contribution in [3.8, 4) is 0 Å². The van der Waals surface area contributed by atoms with E-state index in [-0.39, 0.29) is 0 Å². The highest BCUT2D eigenvalue weighted by Gasteiger charge is 1.98. The fourth-order valence-electron chi connectivity index (χ4n) is 1.07. The van der Waals surface area contributed by atoms with E-state index >= 15 is 0 Å². The van der Waals surface area contributed by atoms with Gasteiger partial charge < -0.3 is 10.6 Å². The van der Waals surface area contributed by atoms with Gasteiger partial charge in [-0.3, -0.25) is 4.99 Å². The molecule has 5 heteroatoms. The summed E-state index contributed by atoms with van der Waals surface area (Å²) < 4.78 is 0.845. The van der Waals surface area contributed by atoms with Gasteiger partial charge in [0.05, 0.1) is 4.34 Å². The predicted octanol–water partition coefficient (Wildman–Crippen LogP) is 1.74. The lowest BCUT2D eigenvalue weighted by Crippen LogP contribution is -2.35. The van der Waals surface area contributed by atoms with Crippen LogP contribution in [0.2, 0.25) is 4.34 Å². The van der Waals surface area contributed by atoms with Gasteiger partial charge in [-0.1, -0.05) is 11.6 Å². The normalized spacial score (nSPS) is 11.5. The zero-order chi connectivity index (χ0) is 10.4. The van der Waals surface area contributed by atoms with Crippen LogP contribution in [0, 0.1) is 0 Å². The van der Waals surface area contributed by atoms with Gasteiger partial charge in [-0.2, -0.15) is 0 Å². The number of thiophene rings is 1. The largest absolute Gasteiger partial charge is 0.359 e. The molecule has 0 aromatic carbocycles. The number of hydrogen-bond donors (Lipinski definition) is 2. The summed E-state index contributed by atoms with van der Waals surface area (Å²) in [5.41, 5.74) is 0. The Morgan fingerprint density at radius 3 is 2.86 bits per heavy atom. The molecule has 1 aromatic rings. The Bertz CT molecular complexity index is 309. The van der Waals surface area contributed by atoms with Crippen molar-refractivity contribution in [3.63, 3.8) is 0 Å². The maximum absolute atomic E-state index is 5.82. The Morgan fingerprint density at radius 2 is 2.36 bits per heavy atom. The molecule has 0 fully saturated rings. The number of hydrogen-bond acceptors (Lipinski definition) is 2. The highest BCUT2D eigenvalue weighted by atomic mass is 35.5. The quantitative estimate of drug-likeness (QED) is 0.614. The molecule has 1 heterocycles. The smallest absolute Gasteiger partial charge is 0.190 e. The van der Waals surface area contributed by atoms with E-state index in [4.69, 9.17) is 11.6 Å². The van der Waals surface area contributed by atoms with Crippen LogP contribution in [0.1, 0.15) is 4.88 Å². The summed E-state index contributed by atoms with van der Waals surface area (Å²) in [6.45, 7) is 0.865. The standard InChI is InChI=1S/C9H14ClN3S/c1-11-9(12-2)13-6-5-7-3-4-8(10)14-7/h3-4H,5-6H2,1-2H3,(H2,11,12,13). The molecular weight excluding hydrogens is 218 g/mol. The molecule has 0 saturated carbocycles. The molecule has 0 bridgehead atoms. The van der Waals surface area contributed by atoms with Gasteiger partial charge in [0.15, 0.2) is 5.96 Å². The molecule has 1 aromatic heterocycles. The van der Waals surface area contributed by atoms with Crippen LogP contribution in [0.15, 0.2) is 17.1 Å². The fraction of sp³-hybridized carbons (Fsp3) is 0.444. The molecule has 0 aliphatic rings. The average Bonchev–Trinajstić information content (AvgIpc) is 2.59. The van der Waals surface area contributed by atoms with Crippen molar-refractivity contribution in [2.75, 3.05) is 20.6 Å². The maximum Gasteiger partial charge on any atom is 0.190 e. The van der Waals surface area contributed by atoms with Gasteiger partial charge in [-0.15, -0.1) is 11.3 Å². The minimum atomic E-state index is 0.813. The summed E-state index contributed by atoms with van der Waals surface area (Å²) in [7, 11) is 3.60. The molecule has 2 N–H and O–H groups in total. The molecule has 0 aliphatic carbocycles. The molecule has 0 unspecified atom stereocenters. The third-order valence-electron chi connectivity index (χ3n) is 1.75. The van der Waals surface area contributed by atoms with E-state index in [0.717, 1.165) is 23.3 Å². The Balaban J connectivity index is 2.28. The van der Waals surface area contributed by atoms with E-state index in [0.29, 0.717) is 0 Å². The zero-order valence-corrected chi connectivity index (χ0v) is 9.87. The van der Waals surface area contributed by atoms with Crippen molar-refractivity contribution >= 4 is 28.9 Å². The van der Waals surface area contributed by atoms with Gasteiger partial charge in [0.2, 0.25) is 0 Å². The second kappa shape index (κ2) is 5.88. The van der Waals surface area contributed by atoms with Crippen LogP contribution in [0.3, 0.4) is 0 Å². The van der Waals surface area contributed by atoms with Crippen LogP contribution in [0.5, 0.6) is 0 Å². The van der Waals surface area contributed by atoms with Crippen LogP contribution in [0.4, 0.5) is 0 Å². The third-order valence-corrected chi connectivity index (χ3v) is 3.04. The molecule has 14 heavy (non-hydrogen) atoms. The van der Waals surface area contributed by atoms with Crippen LogP contribution in [-0.2, 0) is 6.42 Å². The topological polar surface area (TPSA) is 36.4 Å². The summed E-state index contributed by atoms with van der Waals surface area (Å²) in [4.78, 5) is 5.30. The highest BCUT2D eigenvalue weighted by molar-refractivity contribution is 7.16. The number of halogens is 1. The molecule has 0 aliphatic heterocycles. The van der Waals surface area contributed by atoms with Crippen molar-refractivity contribution < 1.29 is 0 Å². The molecule has 78 valence electrons. The predicted molar refractivity (Wildman–Crippen MR) is 63.5 cm³/mol. The summed E-state index contributed by atoms with van der Waals surface area (Å²) in [5, 5.41) is 6.14. The van der Waals surface area contributed by atoms with Crippen LogP contribution < -0.4 is 10.6 Å². The number of nitrogens with zero attached hydrogens (tertiary/aromatic N) is 1. The van der Waals surface area contributed by atoms with Crippen molar-refractivity contribution in [3.05, 3.63) is 21.3 Å². The van der Waals surface area contributed by atoms with Gasteiger partial charge >= 0.3 is 0 Å². The number of nitrogens with one attached hydrogen (secondary N) is 2. The third kappa shape index (κ3) is 3.55. The van der Waals surface area contributed by atoms with Gasteiger partial charge in [0.1, 0.15) is 0 Å². The first-order valence-corrected chi connectivity index (χ1v) is 5.58. The Morgan fingerprint density at radius 1 is 1.57 bits per heavy atom. The number of aliphatic imine (C=N–C) groups is 1. The average molecular weight is 232 g/mol. The minimum absolute atomic E-state index is 0.813. The molecule has 0 saturated heterocycles. The number of rotatable bonds is 3. The van der Waals surface area contributed by atoms with Gasteiger partial charge in [-0.25, -0.2) is 0 Å². The molecule has 1 rings (SSSR count). The lowest BCUT2D eigenvalue weighted by Gasteiger charge is -2.06. The fourth-order valence-corrected chi connectivity index (χ4v) is 2.16. The monoisotopic (exact) mass is 231 g/mol. The van der Waals surface area contributed by atoms with Crippen LogP contribution in [0.25, 0.3) is 0 Å². The summed E-state index contributed by atoms with van der Waals surface area (Å²) >= 11 is 7.44. The van der Waals surface area contributed by atoms with E-state index in [9.17, 15) is 0 Å². The SMILES string of the molecule is CN=C(NC)NCCc1ccc(Cl)s1. The first-order chi connectivity index (χ1) is 6.76. The molecule has 0 spiro atoms. The van der Waals surface area contributed by atoms with Crippen molar-refractivity contribution in [1.82, 2.24) is 10.6 Å². The van der Waals surface area contributed by atoms with Gasteiger partial charge in [0, 0.05) is 25.5 Å². The first kappa shape index (κ1) is 11.3.